The van der Waals surface area contributed by atoms with E-state index < -0.39 is 11.9 Å². The third kappa shape index (κ3) is 1.93. The zero-order valence-electron chi connectivity index (χ0n) is 9.09. The van der Waals surface area contributed by atoms with E-state index in [4.69, 9.17) is 9.47 Å². The average Bonchev–Trinajstić information content (AvgIpc) is 2.34. The first-order valence-corrected chi connectivity index (χ1v) is 5.13. The number of esters is 1. The van der Waals surface area contributed by atoms with Gasteiger partial charge in [0.05, 0.1) is 0 Å². The smallest absolute Gasteiger partial charge is 0.318 e. The van der Waals surface area contributed by atoms with E-state index in [1.165, 1.54) is 6.08 Å². The first-order chi connectivity index (χ1) is 8.29. The normalized spacial score (nSPS) is 17.5. The van der Waals surface area contributed by atoms with Gasteiger partial charge >= 0.3 is 5.97 Å². The van der Waals surface area contributed by atoms with Crippen molar-refractivity contribution in [3.63, 3.8) is 0 Å². The van der Waals surface area contributed by atoms with Gasteiger partial charge in [-0.2, -0.15) is 0 Å². The van der Waals surface area contributed by atoms with Crippen LogP contribution in [0.25, 0.3) is 0 Å². The molecule has 1 aliphatic rings. The maximum atomic E-state index is 11.7. The number of rotatable bonds is 5. The van der Waals surface area contributed by atoms with Gasteiger partial charge in [0.25, 0.3) is 6.47 Å². The molecule has 1 unspecified atom stereocenters. The van der Waals surface area contributed by atoms with Gasteiger partial charge in [-0.15, -0.1) is 0 Å². The first-order valence-electron chi connectivity index (χ1n) is 5.13. The SMILES string of the molecule is C=CCOC(=O)C1[C](OC=O)c2ccccc21. The van der Waals surface area contributed by atoms with E-state index in [9.17, 15) is 9.59 Å². The van der Waals surface area contributed by atoms with Crippen LogP contribution in [0.1, 0.15) is 17.0 Å². The summed E-state index contributed by atoms with van der Waals surface area (Å²) in [6.45, 7) is 3.93. The Labute approximate surface area is 98.8 Å². The molecule has 4 heteroatoms. The Balaban J connectivity index is 2.19. The van der Waals surface area contributed by atoms with Gasteiger partial charge in [-0.1, -0.05) is 36.9 Å². The lowest BCUT2D eigenvalue weighted by Gasteiger charge is -2.34. The molecule has 87 valence electrons. The molecular weight excluding hydrogens is 220 g/mol. The highest BCUT2D eigenvalue weighted by Gasteiger charge is 2.46. The Morgan fingerprint density at radius 2 is 2.18 bits per heavy atom. The Morgan fingerprint density at radius 3 is 2.88 bits per heavy atom. The van der Waals surface area contributed by atoms with Gasteiger partial charge in [-0.25, -0.2) is 0 Å². The fourth-order valence-electron chi connectivity index (χ4n) is 1.83. The van der Waals surface area contributed by atoms with E-state index in [2.05, 4.69) is 6.58 Å². The summed E-state index contributed by atoms with van der Waals surface area (Å²) in [5.41, 5.74) is 1.60. The fourth-order valence-corrected chi connectivity index (χ4v) is 1.83. The van der Waals surface area contributed by atoms with E-state index in [0.29, 0.717) is 12.6 Å². The van der Waals surface area contributed by atoms with Crippen LogP contribution in [0.2, 0.25) is 0 Å². The molecule has 0 fully saturated rings. The van der Waals surface area contributed by atoms with Gasteiger partial charge < -0.3 is 9.47 Å². The topological polar surface area (TPSA) is 52.6 Å². The Morgan fingerprint density at radius 1 is 1.41 bits per heavy atom. The van der Waals surface area contributed by atoms with Crippen molar-refractivity contribution in [1.29, 1.82) is 0 Å². The number of fused-ring (bicyclic) bond motifs is 1. The molecule has 0 aliphatic heterocycles. The first kappa shape index (κ1) is 11.4. The second-order valence-electron chi connectivity index (χ2n) is 3.52. The number of benzene rings is 1. The summed E-state index contributed by atoms with van der Waals surface area (Å²) in [6, 6.07) is 7.25. The summed E-state index contributed by atoms with van der Waals surface area (Å²) in [4.78, 5) is 22.1. The minimum absolute atomic E-state index is 0.145. The number of carbonyl (C=O) groups is 2. The highest BCUT2D eigenvalue weighted by Crippen LogP contribution is 2.46. The number of hydrogen-bond acceptors (Lipinski definition) is 4. The van der Waals surface area contributed by atoms with Crippen LogP contribution in [0.15, 0.2) is 36.9 Å². The van der Waals surface area contributed by atoms with Gasteiger partial charge in [-0.3, -0.25) is 9.59 Å². The molecule has 0 bridgehead atoms. The van der Waals surface area contributed by atoms with Gasteiger partial charge in [0.2, 0.25) is 0 Å². The standard InChI is InChI=1S/C13H11O4/c1-2-7-16-13(15)11-9-5-3-4-6-10(9)12(11)17-8-14/h2-6,8,11H,1,7H2. The predicted octanol–water partition coefficient (Wildman–Crippen LogP) is 1.57. The molecule has 0 N–H and O–H groups in total. The summed E-state index contributed by atoms with van der Waals surface area (Å²) in [5.74, 6) is -1.03. The van der Waals surface area contributed by atoms with Crippen LogP contribution in [-0.4, -0.2) is 19.0 Å². The van der Waals surface area contributed by atoms with Crippen molar-refractivity contribution in [2.45, 2.75) is 5.92 Å². The van der Waals surface area contributed by atoms with Gasteiger partial charge in [-0.05, 0) is 5.56 Å². The van der Waals surface area contributed by atoms with Gasteiger partial charge in [0.1, 0.15) is 12.5 Å². The van der Waals surface area contributed by atoms with E-state index in [0.717, 1.165) is 11.1 Å². The van der Waals surface area contributed by atoms with E-state index in [-0.39, 0.29) is 6.61 Å². The van der Waals surface area contributed by atoms with Crippen LogP contribution >= 0.6 is 0 Å². The third-order valence-corrected chi connectivity index (χ3v) is 2.55. The summed E-state index contributed by atoms with van der Waals surface area (Å²) in [5, 5.41) is 0. The second kappa shape index (κ2) is 4.82. The van der Waals surface area contributed by atoms with Gasteiger partial charge in [0.15, 0.2) is 6.10 Å². The van der Waals surface area contributed by atoms with Crippen molar-refractivity contribution in [1.82, 2.24) is 0 Å². The van der Waals surface area contributed by atoms with Crippen molar-refractivity contribution in [3.8, 4) is 0 Å². The highest BCUT2D eigenvalue weighted by atomic mass is 16.5. The lowest BCUT2D eigenvalue weighted by Crippen LogP contribution is -2.34. The van der Waals surface area contributed by atoms with Crippen LogP contribution in [0.3, 0.4) is 0 Å². The van der Waals surface area contributed by atoms with E-state index >= 15 is 0 Å². The molecule has 0 saturated heterocycles. The van der Waals surface area contributed by atoms with Crippen LogP contribution in [0.4, 0.5) is 0 Å². The molecule has 1 radical (unpaired) electrons. The van der Waals surface area contributed by atoms with Crippen molar-refractivity contribution in [2.75, 3.05) is 6.61 Å². The zero-order chi connectivity index (χ0) is 12.3. The van der Waals surface area contributed by atoms with Crippen molar-refractivity contribution in [2.24, 2.45) is 0 Å². The quantitative estimate of drug-likeness (QED) is 0.438. The van der Waals surface area contributed by atoms with E-state index in [1.54, 1.807) is 6.07 Å². The molecule has 17 heavy (non-hydrogen) atoms. The fraction of sp³-hybridized carbons (Fsp3) is 0.154. The zero-order valence-corrected chi connectivity index (χ0v) is 9.09. The molecule has 0 heterocycles. The van der Waals surface area contributed by atoms with Gasteiger partial charge in [0, 0.05) is 5.56 Å². The molecule has 0 spiro atoms. The molecule has 0 amide bonds. The molecule has 2 rings (SSSR count). The summed E-state index contributed by atoms with van der Waals surface area (Å²) in [7, 11) is 0. The number of hydrogen-bond donors (Lipinski definition) is 0. The Kier molecular flexibility index (Phi) is 3.23. The molecule has 1 atom stereocenters. The van der Waals surface area contributed by atoms with Crippen LogP contribution in [-0.2, 0) is 19.1 Å². The summed E-state index contributed by atoms with van der Waals surface area (Å²) in [6.07, 6.45) is 1.84. The molecular formula is C13H11O4. The van der Waals surface area contributed by atoms with Crippen molar-refractivity contribution in [3.05, 3.63) is 54.2 Å². The molecule has 0 aromatic heterocycles. The molecule has 4 nitrogen and oxygen atoms in total. The number of ether oxygens (including phenoxy) is 2. The number of carbonyl (C=O) groups excluding carboxylic acids is 2. The summed E-state index contributed by atoms with van der Waals surface area (Å²) < 4.78 is 9.78. The maximum Gasteiger partial charge on any atom is 0.318 e. The largest absolute Gasteiger partial charge is 0.461 e. The molecule has 1 aromatic rings. The van der Waals surface area contributed by atoms with Crippen LogP contribution in [0.5, 0.6) is 0 Å². The third-order valence-electron chi connectivity index (χ3n) is 2.55. The Hall–Kier alpha value is -2.10. The minimum Gasteiger partial charge on any atom is -0.461 e. The second-order valence-corrected chi connectivity index (χ2v) is 3.52. The monoisotopic (exact) mass is 231 g/mol. The van der Waals surface area contributed by atoms with E-state index in [1.807, 2.05) is 18.2 Å². The Bertz CT molecular complexity index is 452. The van der Waals surface area contributed by atoms with Crippen LogP contribution < -0.4 is 0 Å². The minimum atomic E-state index is -0.601. The molecule has 1 aromatic carbocycles. The van der Waals surface area contributed by atoms with Crippen LogP contribution in [0, 0.1) is 6.10 Å². The maximum absolute atomic E-state index is 11.7. The predicted molar refractivity (Wildman–Crippen MR) is 59.8 cm³/mol. The molecule has 0 saturated carbocycles. The highest BCUT2D eigenvalue weighted by molar-refractivity contribution is 5.87. The lowest BCUT2D eigenvalue weighted by molar-refractivity contribution is -0.146. The lowest BCUT2D eigenvalue weighted by atomic mass is 9.74. The molecule has 1 aliphatic carbocycles. The summed E-state index contributed by atoms with van der Waals surface area (Å²) >= 11 is 0. The average molecular weight is 231 g/mol. The van der Waals surface area contributed by atoms with Crippen molar-refractivity contribution >= 4 is 12.4 Å². The van der Waals surface area contributed by atoms with Crippen molar-refractivity contribution < 1.29 is 19.1 Å².